The Kier molecular flexibility index (Phi) is 4.47. The Balaban J connectivity index is 2.83. The van der Waals surface area contributed by atoms with Gasteiger partial charge in [-0.15, -0.1) is 0 Å². The second-order valence-corrected chi connectivity index (χ2v) is 8.69. The monoisotopic (exact) mass is 381 g/mol. The van der Waals surface area contributed by atoms with Gasteiger partial charge >= 0.3 is 6.18 Å². The van der Waals surface area contributed by atoms with E-state index < -0.39 is 32.1 Å². The van der Waals surface area contributed by atoms with E-state index in [1.165, 1.54) is 0 Å². The lowest BCUT2D eigenvalue weighted by molar-refractivity contribution is -0.137. The van der Waals surface area contributed by atoms with Gasteiger partial charge in [0.2, 0.25) is 0 Å². The maximum atomic E-state index is 12.9. The topological polar surface area (TPSA) is 72.0 Å². The summed E-state index contributed by atoms with van der Waals surface area (Å²) in [5, 5.41) is 2.20. The molecule has 0 aliphatic rings. The molecule has 1 heterocycles. The average Bonchev–Trinajstić information content (AvgIpc) is 2.34. The molecule has 0 bridgehead atoms. The van der Waals surface area contributed by atoms with E-state index in [0.717, 1.165) is 18.4 Å². The van der Waals surface area contributed by atoms with Crippen molar-refractivity contribution in [1.29, 1.82) is 0 Å². The third-order valence-electron chi connectivity index (χ3n) is 2.86. The molecule has 0 aliphatic carbocycles. The molecule has 0 unspecified atom stereocenters. The molecule has 2 aromatic rings. The number of alkyl halides is 3. The van der Waals surface area contributed by atoms with Crippen LogP contribution in [0.5, 0.6) is 0 Å². The fraction of sp³-hybridized carbons (Fsp3) is 0.429. The molecule has 2 rings (SSSR count). The molecule has 0 aliphatic heterocycles. The molecule has 0 saturated carbocycles. The van der Waals surface area contributed by atoms with Crippen LogP contribution in [0.25, 0.3) is 11.0 Å². The Morgan fingerprint density at radius 2 is 1.71 bits per heavy atom. The van der Waals surface area contributed by atoms with Crippen LogP contribution < -0.4 is 5.32 Å². The number of halogens is 4. The Morgan fingerprint density at radius 3 is 2.17 bits per heavy atom. The standard InChI is InChI=1S/C14H15ClF3N3O2S/c1-13(2,3)21-11-12(24(4,22)23)19-9-6-7(14(16,17)18)5-8(15)10(9)20-11/h5-6H,1-4H3,(H,20,21). The van der Waals surface area contributed by atoms with Gasteiger partial charge in [-0.05, 0) is 32.9 Å². The van der Waals surface area contributed by atoms with Gasteiger partial charge < -0.3 is 5.32 Å². The van der Waals surface area contributed by atoms with Gasteiger partial charge in [-0.25, -0.2) is 18.4 Å². The summed E-state index contributed by atoms with van der Waals surface area (Å²) in [6, 6.07) is 1.46. The van der Waals surface area contributed by atoms with Crippen LogP contribution in [0.4, 0.5) is 19.0 Å². The van der Waals surface area contributed by atoms with Crippen molar-refractivity contribution in [3.8, 4) is 0 Å². The van der Waals surface area contributed by atoms with Crippen LogP contribution in [0.2, 0.25) is 5.02 Å². The van der Waals surface area contributed by atoms with Crippen molar-refractivity contribution in [2.75, 3.05) is 11.6 Å². The van der Waals surface area contributed by atoms with E-state index in [9.17, 15) is 21.6 Å². The molecule has 5 nitrogen and oxygen atoms in total. The predicted octanol–water partition coefficient (Wildman–Crippen LogP) is 3.92. The Labute approximate surface area is 142 Å². The van der Waals surface area contributed by atoms with Crippen molar-refractivity contribution in [2.45, 2.75) is 37.5 Å². The minimum atomic E-state index is -4.63. The summed E-state index contributed by atoms with van der Waals surface area (Å²) in [6.45, 7) is 5.33. The lowest BCUT2D eigenvalue weighted by atomic mass is 10.1. The van der Waals surface area contributed by atoms with Gasteiger partial charge in [-0.2, -0.15) is 13.2 Å². The molecule has 1 aromatic carbocycles. The van der Waals surface area contributed by atoms with E-state index >= 15 is 0 Å². The highest BCUT2D eigenvalue weighted by Gasteiger charge is 2.32. The molecular weight excluding hydrogens is 367 g/mol. The number of fused-ring (bicyclic) bond motifs is 1. The van der Waals surface area contributed by atoms with Gasteiger partial charge in [0.15, 0.2) is 20.7 Å². The maximum Gasteiger partial charge on any atom is 0.416 e. The quantitative estimate of drug-likeness (QED) is 0.853. The smallest absolute Gasteiger partial charge is 0.363 e. The molecule has 1 N–H and O–H groups in total. The van der Waals surface area contributed by atoms with Crippen LogP contribution in [0.3, 0.4) is 0 Å². The van der Waals surface area contributed by atoms with Gasteiger partial charge in [0.25, 0.3) is 0 Å². The van der Waals surface area contributed by atoms with Gasteiger partial charge in [0.05, 0.1) is 16.1 Å². The van der Waals surface area contributed by atoms with E-state index in [0.29, 0.717) is 0 Å². The molecular formula is C14H15ClF3N3O2S. The van der Waals surface area contributed by atoms with Gasteiger partial charge in [-0.3, -0.25) is 0 Å². The third kappa shape index (κ3) is 4.07. The zero-order valence-corrected chi connectivity index (χ0v) is 14.9. The average molecular weight is 382 g/mol. The number of nitrogens with zero attached hydrogens (tertiary/aromatic N) is 2. The molecule has 0 saturated heterocycles. The van der Waals surface area contributed by atoms with Crippen molar-refractivity contribution >= 4 is 38.3 Å². The van der Waals surface area contributed by atoms with Crippen molar-refractivity contribution in [1.82, 2.24) is 9.97 Å². The zero-order valence-electron chi connectivity index (χ0n) is 13.3. The fourth-order valence-electron chi connectivity index (χ4n) is 1.96. The van der Waals surface area contributed by atoms with E-state index in [-0.39, 0.29) is 21.9 Å². The molecule has 10 heteroatoms. The highest BCUT2D eigenvalue weighted by molar-refractivity contribution is 7.90. The highest BCUT2D eigenvalue weighted by Crippen LogP contribution is 2.35. The first-order valence-electron chi connectivity index (χ1n) is 6.75. The molecule has 0 radical (unpaired) electrons. The molecule has 132 valence electrons. The van der Waals surface area contributed by atoms with Crippen LogP contribution in [-0.2, 0) is 16.0 Å². The highest BCUT2D eigenvalue weighted by atomic mass is 35.5. The Hall–Kier alpha value is -1.61. The van der Waals surface area contributed by atoms with Gasteiger partial charge in [0, 0.05) is 11.8 Å². The molecule has 24 heavy (non-hydrogen) atoms. The third-order valence-corrected chi connectivity index (χ3v) is 4.14. The molecule has 0 amide bonds. The van der Waals surface area contributed by atoms with E-state index in [4.69, 9.17) is 11.6 Å². The molecule has 0 spiro atoms. The Morgan fingerprint density at radius 1 is 1.12 bits per heavy atom. The second kappa shape index (κ2) is 5.73. The summed E-state index contributed by atoms with van der Waals surface area (Å²) in [6.07, 6.45) is -3.72. The normalized spacial score (nSPS) is 13.3. The predicted molar refractivity (Wildman–Crippen MR) is 86.0 cm³/mol. The first-order valence-corrected chi connectivity index (χ1v) is 9.02. The van der Waals surface area contributed by atoms with E-state index in [2.05, 4.69) is 15.3 Å². The zero-order chi connectivity index (χ0) is 18.5. The minimum absolute atomic E-state index is 0.0104. The second-order valence-electron chi connectivity index (χ2n) is 6.35. The van der Waals surface area contributed by atoms with Crippen LogP contribution in [-0.4, -0.2) is 30.2 Å². The number of benzene rings is 1. The molecule has 0 fully saturated rings. The van der Waals surface area contributed by atoms with Crippen molar-refractivity contribution in [3.05, 3.63) is 22.7 Å². The van der Waals surface area contributed by atoms with Crippen LogP contribution in [0, 0.1) is 0 Å². The summed E-state index contributed by atoms with van der Waals surface area (Å²) in [5.74, 6) is -0.0563. The summed E-state index contributed by atoms with van der Waals surface area (Å²) in [4.78, 5) is 7.97. The van der Waals surface area contributed by atoms with Gasteiger partial charge in [-0.1, -0.05) is 11.6 Å². The minimum Gasteiger partial charge on any atom is -0.363 e. The number of rotatable bonds is 2. The Bertz CT molecular complexity index is 906. The van der Waals surface area contributed by atoms with Crippen molar-refractivity contribution in [2.24, 2.45) is 0 Å². The largest absolute Gasteiger partial charge is 0.416 e. The van der Waals surface area contributed by atoms with Crippen LogP contribution >= 0.6 is 11.6 Å². The molecule has 1 aromatic heterocycles. The van der Waals surface area contributed by atoms with Crippen molar-refractivity contribution < 1.29 is 21.6 Å². The first kappa shape index (κ1) is 18.7. The summed E-state index contributed by atoms with van der Waals surface area (Å²) in [7, 11) is -3.82. The SMILES string of the molecule is CC(C)(C)Nc1nc2c(Cl)cc(C(F)(F)F)cc2nc1S(C)(=O)=O. The first-order chi connectivity index (χ1) is 10.7. The fourth-order valence-corrected chi connectivity index (χ4v) is 2.93. The summed E-state index contributed by atoms with van der Waals surface area (Å²) < 4.78 is 62.6. The maximum absolute atomic E-state index is 12.9. The van der Waals surface area contributed by atoms with E-state index in [1.54, 1.807) is 20.8 Å². The summed E-state index contributed by atoms with van der Waals surface area (Å²) in [5.41, 5.74) is -1.82. The van der Waals surface area contributed by atoms with Crippen molar-refractivity contribution in [3.63, 3.8) is 0 Å². The molecule has 0 atom stereocenters. The number of hydrogen-bond acceptors (Lipinski definition) is 5. The summed E-state index contributed by atoms with van der Waals surface area (Å²) >= 11 is 5.90. The lowest BCUT2D eigenvalue weighted by Gasteiger charge is -2.23. The lowest BCUT2D eigenvalue weighted by Crippen LogP contribution is -2.28. The van der Waals surface area contributed by atoms with Crippen LogP contribution in [0.1, 0.15) is 26.3 Å². The van der Waals surface area contributed by atoms with Crippen LogP contribution in [0.15, 0.2) is 17.2 Å². The number of anilines is 1. The van der Waals surface area contributed by atoms with Gasteiger partial charge in [0.1, 0.15) is 5.52 Å². The number of hydrogen-bond donors (Lipinski definition) is 1. The number of nitrogens with one attached hydrogen (secondary N) is 1. The van der Waals surface area contributed by atoms with E-state index in [1.807, 2.05) is 0 Å². The number of sulfone groups is 1. The number of aromatic nitrogens is 2.